The van der Waals surface area contributed by atoms with Gasteiger partial charge in [-0.15, -0.1) is 0 Å². The van der Waals surface area contributed by atoms with E-state index in [1.54, 1.807) is 0 Å². The molecule has 1 aromatic heterocycles. The molecule has 1 saturated heterocycles. The van der Waals surface area contributed by atoms with Gasteiger partial charge in [0.1, 0.15) is 10.4 Å². The van der Waals surface area contributed by atoms with Crippen molar-refractivity contribution < 1.29 is 9.84 Å². The summed E-state index contributed by atoms with van der Waals surface area (Å²) in [4.78, 5) is 4.56. The van der Waals surface area contributed by atoms with E-state index in [9.17, 15) is 5.11 Å². The van der Waals surface area contributed by atoms with Gasteiger partial charge >= 0.3 is 0 Å². The second kappa shape index (κ2) is 4.13. The highest BCUT2D eigenvalue weighted by Gasteiger charge is 2.30. The summed E-state index contributed by atoms with van der Waals surface area (Å²) in [6.07, 6.45) is 2.54. The summed E-state index contributed by atoms with van der Waals surface area (Å²) in [5, 5.41) is 9.98. The molecule has 4 nitrogen and oxygen atoms in total. The number of nitrogens with zero attached hydrogens (tertiary/aromatic N) is 2. The average molecular weight is 287 g/mol. The first-order valence-corrected chi connectivity index (χ1v) is 6.58. The number of ether oxygens (including phenoxy) is 1. The standard InChI is InChI=1S/C11H15BrN2O2/c12-10-9-8(15)2-1-4-14(9)11(13-10)7-3-5-16-6-7/h7-8,15H,1-6H2. The van der Waals surface area contributed by atoms with Crippen LogP contribution in [0.4, 0.5) is 0 Å². The number of rotatable bonds is 1. The van der Waals surface area contributed by atoms with Crippen LogP contribution in [0.5, 0.6) is 0 Å². The number of imidazole rings is 1. The van der Waals surface area contributed by atoms with Crippen molar-refractivity contribution in [3.63, 3.8) is 0 Å². The normalized spacial score (nSPS) is 29.4. The van der Waals surface area contributed by atoms with Gasteiger partial charge in [0.25, 0.3) is 0 Å². The van der Waals surface area contributed by atoms with Crippen LogP contribution in [0.25, 0.3) is 0 Å². The van der Waals surface area contributed by atoms with Gasteiger partial charge in [0, 0.05) is 19.1 Å². The van der Waals surface area contributed by atoms with Crippen LogP contribution in [0.15, 0.2) is 4.60 Å². The second-order valence-corrected chi connectivity index (χ2v) is 5.27. The molecule has 3 rings (SSSR count). The Morgan fingerprint density at radius 3 is 3.06 bits per heavy atom. The van der Waals surface area contributed by atoms with Gasteiger partial charge in [0.2, 0.25) is 0 Å². The first-order chi connectivity index (χ1) is 7.77. The summed E-state index contributed by atoms with van der Waals surface area (Å²) in [5.41, 5.74) is 0.952. The van der Waals surface area contributed by atoms with E-state index in [0.29, 0.717) is 5.92 Å². The van der Waals surface area contributed by atoms with Gasteiger partial charge in [0.15, 0.2) is 0 Å². The molecule has 2 atom stereocenters. The molecule has 0 spiro atoms. The van der Waals surface area contributed by atoms with Crippen LogP contribution in [0.1, 0.15) is 42.8 Å². The Balaban J connectivity index is 2.02. The molecule has 1 N–H and O–H groups in total. The number of aliphatic hydroxyl groups is 1. The molecule has 2 unspecified atom stereocenters. The van der Waals surface area contributed by atoms with Crippen molar-refractivity contribution in [2.24, 2.45) is 0 Å². The molecule has 0 saturated carbocycles. The van der Waals surface area contributed by atoms with Gasteiger partial charge in [-0.2, -0.15) is 0 Å². The van der Waals surface area contributed by atoms with E-state index in [4.69, 9.17) is 4.74 Å². The lowest BCUT2D eigenvalue weighted by Gasteiger charge is -2.22. The highest BCUT2D eigenvalue weighted by atomic mass is 79.9. The number of aliphatic hydroxyl groups excluding tert-OH is 1. The molecule has 1 fully saturated rings. The van der Waals surface area contributed by atoms with E-state index in [1.165, 1.54) is 0 Å². The molecule has 3 heterocycles. The van der Waals surface area contributed by atoms with Crippen molar-refractivity contribution in [1.82, 2.24) is 9.55 Å². The van der Waals surface area contributed by atoms with Crippen molar-refractivity contribution in [1.29, 1.82) is 0 Å². The molecular formula is C11H15BrN2O2. The van der Waals surface area contributed by atoms with Crippen LogP contribution in [-0.2, 0) is 11.3 Å². The molecule has 0 bridgehead atoms. The zero-order valence-electron chi connectivity index (χ0n) is 9.03. The third-order valence-corrected chi connectivity index (χ3v) is 4.04. The number of hydrogen-bond acceptors (Lipinski definition) is 3. The van der Waals surface area contributed by atoms with Crippen molar-refractivity contribution in [2.45, 2.75) is 37.8 Å². The molecule has 0 amide bonds. The monoisotopic (exact) mass is 286 g/mol. The first-order valence-electron chi connectivity index (χ1n) is 5.79. The van der Waals surface area contributed by atoms with Gasteiger partial charge in [-0.25, -0.2) is 4.98 Å². The molecule has 0 aliphatic carbocycles. The summed E-state index contributed by atoms with van der Waals surface area (Å²) in [7, 11) is 0. The lowest BCUT2D eigenvalue weighted by molar-refractivity contribution is 0.136. The quantitative estimate of drug-likeness (QED) is 0.859. The molecular weight excluding hydrogens is 272 g/mol. The number of aromatic nitrogens is 2. The number of fused-ring (bicyclic) bond motifs is 1. The summed E-state index contributed by atoms with van der Waals surface area (Å²) < 4.78 is 8.39. The minimum Gasteiger partial charge on any atom is -0.387 e. The van der Waals surface area contributed by atoms with Crippen LogP contribution in [0.2, 0.25) is 0 Å². The zero-order chi connectivity index (χ0) is 11.1. The Morgan fingerprint density at radius 1 is 1.44 bits per heavy atom. The predicted octanol–water partition coefficient (Wildman–Crippen LogP) is 1.98. The Kier molecular flexibility index (Phi) is 2.77. The lowest BCUT2D eigenvalue weighted by atomic mass is 10.1. The van der Waals surface area contributed by atoms with E-state index in [0.717, 1.165) is 55.1 Å². The third-order valence-electron chi connectivity index (χ3n) is 3.46. The Labute approximate surface area is 103 Å². The third kappa shape index (κ3) is 1.61. The summed E-state index contributed by atoms with van der Waals surface area (Å²) in [5.74, 6) is 1.48. The van der Waals surface area contributed by atoms with E-state index < -0.39 is 0 Å². The van der Waals surface area contributed by atoms with E-state index in [1.807, 2.05) is 0 Å². The molecule has 1 aromatic rings. The van der Waals surface area contributed by atoms with Crippen LogP contribution in [-0.4, -0.2) is 27.9 Å². The average Bonchev–Trinajstić information content (AvgIpc) is 2.86. The summed E-state index contributed by atoms with van der Waals surface area (Å²) in [6.45, 7) is 2.56. The molecule has 88 valence electrons. The largest absolute Gasteiger partial charge is 0.387 e. The fraction of sp³-hybridized carbons (Fsp3) is 0.727. The summed E-state index contributed by atoms with van der Waals surface area (Å²) >= 11 is 3.46. The molecule has 5 heteroatoms. The van der Waals surface area contributed by atoms with Crippen molar-refractivity contribution in [3.05, 3.63) is 16.1 Å². The van der Waals surface area contributed by atoms with Crippen molar-refractivity contribution in [3.8, 4) is 0 Å². The smallest absolute Gasteiger partial charge is 0.130 e. The highest BCUT2D eigenvalue weighted by molar-refractivity contribution is 9.10. The highest BCUT2D eigenvalue weighted by Crippen LogP contribution is 2.36. The van der Waals surface area contributed by atoms with Gasteiger partial charge in [0.05, 0.1) is 18.4 Å². The topological polar surface area (TPSA) is 47.3 Å². The van der Waals surface area contributed by atoms with Crippen LogP contribution in [0.3, 0.4) is 0 Å². The number of halogens is 1. The molecule has 0 aromatic carbocycles. The minimum absolute atomic E-state index is 0.369. The number of hydrogen-bond donors (Lipinski definition) is 1. The first kappa shape index (κ1) is 10.7. The van der Waals surface area contributed by atoms with E-state index in [-0.39, 0.29) is 6.10 Å². The maximum absolute atomic E-state index is 9.98. The van der Waals surface area contributed by atoms with Gasteiger partial charge in [-0.3, -0.25) is 0 Å². The molecule has 16 heavy (non-hydrogen) atoms. The Morgan fingerprint density at radius 2 is 2.31 bits per heavy atom. The summed E-state index contributed by atoms with van der Waals surface area (Å²) in [6, 6.07) is 0. The van der Waals surface area contributed by atoms with Crippen molar-refractivity contribution >= 4 is 15.9 Å². The van der Waals surface area contributed by atoms with Gasteiger partial charge < -0.3 is 14.4 Å². The fourth-order valence-electron chi connectivity index (χ4n) is 2.63. The lowest BCUT2D eigenvalue weighted by Crippen LogP contribution is -2.18. The molecule has 2 aliphatic rings. The Bertz CT molecular complexity index is 399. The molecule has 2 aliphatic heterocycles. The maximum atomic E-state index is 9.98. The van der Waals surface area contributed by atoms with Crippen LogP contribution < -0.4 is 0 Å². The van der Waals surface area contributed by atoms with E-state index >= 15 is 0 Å². The van der Waals surface area contributed by atoms with Gasteiger partial charge in [-0.1, -0.05) is 0 Å². The SMILES string of the molecule is OC1CCCn2c(C3CCOC3)nc(Br)c21. The van der Waals surface area contributed by atoms with Crippen LogP contribution >= 0.6 is 15.9 Å². The van der Waals surface area contributed by atoms with Crippen LogP contribution in [0, 0.1) is 0 Å². The minimum atomic E-state index is -0.369. The molecule has 0 radical (unpaired) electrons. The van der Waals surface area contributed by atoms with Crippen molar-refractivity contribution in [2.75, 3.05) is 13.2 Å². The zero-order valence-corrected chi connectivity index (χ0v) is 10.6. The second-order valence-electron chi connectivity index (χ2n) is 4.52. The fourth-order valence-corrected chi connectivity index (χ4v) is 3.29. The maximum Gasteiger partial charge on any atom is 0.130 e. The van der Waals surface area contributed by atoms with E-state index in [2.05, 4.69) is 25.5 Å². The van der Waals surface area contributed by atoms with Gasteiger partial charge in [-0.05, 0) is 35.2 Å². The Hall–Kier alpha value is -0.390. The predicted molar refractivity (Wildman–Crippen MR) is 62.3 cm³/mol.